The van der Waals surface area contributed by atoms with Crippen molar-refractivity contribution in [3.05, 3.63) is 66.0 Å². The molecule has 3 aromatic rings. The van der Waals surface area contributed by atoms with Gasteiger partial charge in [0.25, 0.3) is 0 Å². The molecule has 30 heavy (non-hydrogen) atoms. The van der Waals surface area contributed by atoms with Crippen molar-refractivity contribution in [2.24, 2.45) is 5.10 Å². The number of para-hydroxylation sites is 1. The zero-order valence-electron chi connectivity index (χ0n) is 16.6. The number of fused-ring (bicyclic) bond motifs is 1. The van der Waals surface area contributed by atoms with Crippen LogP contribution in [0.3, 0.4) is 0 Å². The van der Waals surface area contributed by atoms with E-state index in [1.54, 1.807) is 37.5 Å². The number of carbonyl (C=O) groups is 1. The smallest absolute Gasteiger partial charge is 0.242 e. The van der Waals surface area contributed by atoms with Gasteiger partial charge in [-0.25, -0.2) is 13.4 Å². The maximum Gasteiger partial charge on any atom is 0.242 e. The number of hydrogen-bond donors (Lipinski definition) is 1. The van der Waals surface area contributed by atoms with Crippen molar-refractivity contribution in [2.45, 2.75) is 25.8 Å². The van der Waals surface area contributed by atoms with Crippen molar-refractivity contribution in [1.29, 1.82) is 0 Å². The SMILES string of the molecule is CCC(=O)N1N=C(c2ccccc2NS(C)(=O)=O)CC1c1ccc2nccnc2c1. The van der Waals surface area contributed by atoms with E-state index >= 15 is 0 Å². The lowest BCUT2D eigenvalue weighted by atomic mass is 9.97. The molecule has 1 unspecified atom stereocenters. The number of amides is 1. The minimum Gasteiger partial charge on any atom is -0.283 e. The van der Waals surface area contributed by atoms with Gasteiger partial charge in [0.15, 0.2) is 0 Å². The van der Waals surface area contributed by atoms with Gasteiger partial charge in [0, 0.05) is 30.8 Å². The maximum absolute atomic E-state index is 12.6. The number of rotatable bonds is 5. The van der Waals surface area contributed by atoms with Crippen LogP contribution in [0, 0.1) is 0 Å². The zero-order valence-corrected chi connectivity index (χ0v) is 17.4. The van der Waals surface area contributed by atoms with Gasteiger partial charge in [-0.3, -0.25) is 19.5 Å². The largest absolute Gasteiger partial charge is 0.283 e. The number of sulfonamides is 1. The van der Waals surface area contributed by atoms with E-state index in [2.05, 4.69) is 19.8 Å². The maximum atomic E-state index is 12.6. The summed E-state index contributed by atoms with van der Waals surface area (Å²) in [5.41, 5.74) is 4.15. The Kier molecular flexibility index (Phi) is 5.21. The number of hydrazone groups is 1. The van der Waals surface area contributed by atoms with Crippen LogP contribution >= 0.6 is 0 Å². The van der Waals surface area contributed by atoms with Gasteiger partial charge in [-0.15, -0.1) is 0 Å². The van der Waals surface area contributed by atoms with Crippen LogP contribution in [0.15, 0.2) is 60.0 Å². The summed E-state index contributed by atoms with van der Waals surface area (Å²) in [5.74, 6) is -0.109. The summed E-state index contributed by atoms with van der Waals surface area (Å²) in [5, 5.41) is 6.08. The van der Waals surface area contributed by atoms with Crippen LogP contribution in [0.25, 0.3) is 11.0 Å². The molecule has 8 nitrogen and oxygen atoms in total. The topological polar surface area (TPSA) is 105 Å². The molecule has 0 saturated heterocycles. The van der Waals surface area contributed by atoms with E-state index < -0.39 is 10.0 Å². The van der Waals surface area contributed by atoms with Crippen molar-refractivity contribution >= 4 is 38.4 Å². The van der Waals surface area contributed by atoms with Crippen molar-refractivity contribution in [3.63, 3.8) is 0 Å². The number of aromatic nitrogens is 2. The van der Waals surface area contributed by atoms with Crippen LogP contribution in [0.4, 0.5) is 5.69 Å². The van der Waals surface area contributed by atoms with Gasteiger partial charge in [-0.2, -0.15) is 5.10 Å². The Bertz CT molecular complexity index is 1260. The predicted octanol–water partition coefficient (Wildman–Crippen LogP) is 3.09. The quantitative estimate of drug-likeness (QED) is 0.679. The third-order valence-corrected chi connectivity index (χ3v) is 5.47. The second kappa shape index (κ2) is 7.83. The van der Waals surface area contributed by atoms with Gasteiger partial charge in [-0.05, 0) is 23.8 Å². The molecule has 1 aliphatic rings. The standard InChI is InChI=1S/C21H21N5O3S/c1-3-21(27)26-20(14-8-9-17-19(12-14)23-11-10-22-17)13-18(24-26)15-6-4-5-7-16(15)25-30(2,28)29/h4-12,20,25H,3,13H2,1-2H3. The van der Waals surface area contributed by atoms with Gasteiger partial charge in [0.2, 0.25) is 15.9 Å². The molecule has 2 heterocycles. The van der Waals surface area contributed by atoms with Crippen LogP contribution in [0.2, 0.25) is 0 Å². The van der Waals surface area contributed by atoms with Gasteiger partial charge in [0.1, 0.15) is 0 Å². The highest BCUT2D eigenvalue weighted by Gasteiger charge is 2.33. The molecule has 0 saturated carbocycles. The summed E-state index contributed by atoms with van der Waals surface area (Å²) in [6.07, 6.45) is 5.14. The molecule has 9 heteroatoms. The van der Waals surface area contributed by atoms with Crippen molar-refractivity contribution < 1.29 is 13.2 Å². The summed E-state index contributed by atoms with van der Waals surface area (Å²) in [4.78, 5) is 21.3. The number of nitrogens with zero attached hydrogens (tertiary/aromatic N) is 4. The van der Waals surface area contributed by atoms with Crippen LogP contribution in [-0.2, 0) is 14.8 Å². The highest BCUT2D eigenvalue weighted by Crippen LogP contribution is 2.35. The first-order valence-corrected chi connectivity index (χ1v) is 11.4. The average molecular weight is 423 g/mol. The minimum absolute atomic E-state index is 0.109. The molecule has 0 aliphatic carbocycles. The van der Waals surface area contributed by atoms with E-state index in [0.29, 0.717) is 29.8 Å². The van der Waals surface area contributed by atoms with Gasteiger partial charge in [-0.1, -0.05) is 31.2 Å². The molecule has 1 atom stereocenters. The van der Waals surface area contributed by atoms with E-state index in [4.69, 9.17) is 0 Å². The highest BCUT2D eigenvalue weighted by molar-refractivity contribution is 7.92. The lowest BCUT2D eigenvalue weighted by Gasteiger charge is -2.21. The van der Waals surface area contributed by atoms with E-state index in [0.717, 1.165) is 22.9 Å². The Labute approximate surface area is 174 Å². The molecule has 4 rings (SSSR count). The van der Waals surface area contributed by atoms with Crippen LogP contribution in [0.5, 0.6) is 0 Å². The Balaban J connectivity index is 1.74. The van der Waals surface area contributed by atoms with E-state index in [1.807, 2.05) is 24.3 Å². The second-order valence-corrected chi connectivity index (χ2v) is 8.83. The second-order valence-electron chi connectivity index (χ2n) is 7.08. The Hall–Kier alpha value is -3.33. The summed E-state index contributed by atoms with van der Waals surface area (Å²) < 4.78 is 26.1. The number of nitrogens with one attached hydrogen (secondary N) is 1. The molecule has 1 N–H and O–H groups in total. The first-order chi connectivity index (χ1) is 14.4. The molecule has 0 radical (unpaired) electrons. The average Bonchev–Trinajstić information content (AvgIpc) is 3.17. The van der Waals surface area contributed by atoms with Crippen molar-refractivity contribution in [2.75, 3.05) is 11.0 Å². The van der Waals surface area contributed by atoms with E-state index in [-0.39, 0.29) is 11.9 Å². The Morgan fingerprint density at radius 2 is 1.87 bits per heavy atom. The molecule has 154 valence electrons. The summed E-state index contributed by atoms with van der Waals surface area (Å²) in [6, 6.07) is 12.5. The fourth-order valence-corrected chi connectivity index (χ4v) is 4.11. The zero-order chi connectivity index (χ0) is 21.3. The lowest BCUT2D eigenvalue weighted by Crippen LogP contribution is -2.26. The number of hydrogen-bond acceptors (Lipinski definition) is 6. The van der Waals surface area contributed by atoms with Crippen molar-refractivity contribution in [1.82, 2.24) is 15.0 Å². The monoisotopic (exact) mass is 423 g/mol. The molecule has 1 amide bonds. The van der Waals surface area contributed by atoms with Crippen LogP contribution in [0.1, 0.15) is 36.9 Å². The minimum atomic E-state index is -3.45. The van der Waals surface area contributed by atoms with E-state index in [1.165, 1.54) is 5.01 Å². The molecule has 0 fully saturated rings. The molecule has 1 aliphatic heterocycles. The Morgan fingerprint density at radius 3 is 2.60 bits per heavy atom. The first-order valence-electron chi connectivity index (χ1n) is 9.53. The summed E-state index contributed by atoms with van der Waals surface area (Å²) in [6.45, 7) is 1.79. The van der Waals surface area contributed by atoms with E-state index in [9.17, 15) is 13.2 Å². The van der Waals surface area contributed by atoms with Crippen molar-refractivity contribution in [3.8, 4) is 0 Å². The fourth-order valence-electron chi connectivity index (χ4n) is 3.54. The first kappa shape index (κ1) is 20.0. The summed E-state index contributed by atoms with van der Waals surface area (Å²) >= 11 is 0. The third kappa shape index (κ3) is 4.02. The normalized spacial score (nSPS) is 16.5. The summed E-state index contributed by atoms with van der Waals surface area (Å²) in [7, 11) is -3.45. The Morgan fingerprint density at radius 1 is 1.13 bits per heavy atom. The van der Waals surface area contributed by atoms with Gasteiger partial charge < -0.3 is 0 Å². The molecule has 0 spiro atoms. The fraction of sp³-hybridized carbons (Fsp3) is 0.238. The lowest BCUT2D eigenvalue weighted by molar-refractivity contribution is -0.132. The molecule has 1 aromatic heterocycles. The van der Waals surface area contributed by atoms with Gasteiger partial charge >= 0.3 is 0 Å². The van der Waals surface area contributed by atoms with Gasteiger partial charge in [0.05, 0.1) is 34.7 Å². The van der Waals surface area contributed by atoms with Crippen LogP contribution in [-0.4, -0.2) is 41.3 Å². The third-order valence-electron chi connectivity index (χ3n) is 4.88. The predicted molar refractivity (Wildman–Crippen MR) is 115 cm³/mol. The molecule has 0 bridgehead atoms. The molecular formula is C21H21N5O3S. The number of benzene rings is 2. The molecule has 2 aromatic carbocycles. The molecular weight excluding hydrogens is 402 g/mol. The number of anilines is 1. The highest BCUT2D eigenvalue weighted by atomic mass is 32.2. The number of carbonyl (C=O) groups excluding carboxylic acids is 1. The van der Waals surface area contributed by atoms with Crippen LogP contribution < -0.4 is 4.72 Å².